The van der Waals surface area contributed by atoms with E-state index in [2.05, 4.69) is 237 Å². The molecule has 0 saturated heterocycles. The molecule has 64 heavy (non-hydrogen) atoms. The van der Waals surface area contributed by atoms with Gasteiger partial charge in [0.2, 0.25) is 0 Å². The minimum atomic E-state index is 0.110. The zero-order valence-corrected chi connectivity index (χ0v) is 37.1. The summed E-state index contributed by atoms with van der Waals surface area (Å²) in [5.74, 6) is 0.110. The molecule has 10 rings (SSSR count). The van der Waals surface area contributed by atoms with Crippen LogP contribution >= 0.6 is 0 Å². The first-order chi connectivity index (χ1) is 31.5. The van der Waals surface area contributed by atoms with Gasteiger partial charge in [-0.1, -0.05) is 194 Å². The Hall–Kier alpha value is -7.42. The molecule has 312 valence electrons. The third-order valence-electron chi connectivity index (χ3n) is 13.2. The number of aryl methyl sites for hydroxylation is 1. The number of para-hydroxylation sites is 2. The SMILES string of the molecule is C=CC1=C(/C=C\C)N(c2cccc3c(/C=C/c4ccc(C(/C=C\CN5CCCc6ccccc65)=C(C)C)c(C5c6ccccc6-c6ccccc65)c4)cccc23)c2ccccc2C=C1. The Balaban J connectivity index is 1.07. The van der Waals surface area contributed by atoms with E-state index in [-0.39, 0.29) is 5.92 Å². The molecule has 2 heterocycles. The first-order valence-electron chi connectivity index (χ1n) is 22.8. The number of benzene rings is 7. The van der Waals surface area contributed by atoms with E-state index in [4.69, 9.17) is 0 Å². The molecule has 3 aliphatic rings. The van der Waals surface area contributed by atoms with Crippen molar-refractivity contribution >= 4 is 51.6 Å². The van der Waals surface area contributed by atoms with Crippen LogP contribution < -0.4 is 9.80 Å². The molecular weight excluding hydrogens is 773 g/mol. The first-order valence-corrected chi connectivity index (χ1v) is 22.8. The van der Waals surface area contributed by atoms with Crippen molar-refractivity contribution in [2.45, 2.75) is 39.5 Å². The van der Waals surface area contributed by atoms with E-state index in [1.54, 1.807) is 0 Å². The van der Waals surface area contributed by atoms with Crippen LogP contribution in [0.5, 0.6) is 0 Å². The fourth-order valence-electron chi connectivity index (χ4n) is 10.2. The highest BCUT2D eigenvalue weighted by atomic mass is 15.2. The molecule has 0 amide bonds. The molecule has 0 saturated carbocycles. The lowest BCUT2D eigenvalue weighted by Crippen LogP contribution is -2.29. The van der Waals surface area contributed by atoms with Gasteiger partial charge in [-0.15, -0.1) is 0 Å². The third kappa shape index (κ3) is 7.50. The second kappa shape index (κ2) is 17.8. The smallest absolute Gasteiger partial charge is 0.0540 e. The fraction of sp³-hybridized carbons (Fsp3) is 0.129. The van der Waals surface area contributed by atoms with Crippen LogP contribution in [0.1, 0.15) is 77.6 Å². The van der Waals surface area contributed by atoms with E-state index < -0.39 is 0 Å². The molecule has 0 fully saturated rings. The Labute approximate surface area is 379 Å². The molecule has 0 unspecified atom stereocenters. The summed E-state index contributed by atoms with van der Waals surface area (Å²) in [6, 6.07) is 56.1. The van der Waals surface area contributed by atoms with Gasteiger partial charge in [0.05, 0.1) is 17.1 Å². The van der Waals surface area contributed by atoms with Crippen LogP contribution in [-0.4, -0.2) is 13.1 Å². The third-order valence-corrected chi connectivity index (χ3v) is 13.2. The van der Waals surface area contributed by atoms with E-state index in [9.17, 15) is 0 Å². The molecule has 0 atom stereocenters. The van der Waals surface area contributed by atoms with Crippen LogP contribution in [0.4, 0.5) is 17.1 Å². The van der Waals surface area contributed by atoms with Crippen molar-refractivity contribution < 1.29 is 0 Å². The van der Waals surface area contributed by atoms with Gasteiger partial charge in [-0.25, -0.2) is 0 Å². The Kier molecular flexibility index (Phi) is 11.3. The second-order valence-electron chi connectivity index (χ2n) is 17.3. The lowest BCUT2D eigenvalue weighted by molar-refractivity contribution is 0.722. The summed E-state index contributed by atoms with van der Waals surface area (Å²) in [4.78, 5) is 4.93. The van der Waals surface area contributed by atoms with Crippen molar-refractivity contribution in [1.82, 2.24) is 0 Å². The van der Waals surface area contributed by atoms with Crippen molar-refractivity contribution in [1.29, 1.82) is 0 Å². The van der Waals surface area contributed by atoms with Gasteiger partial charge in [0.1, 0.15) is 0 Å². The summed E-state index contributed by atoms with van der Waals surface area (Å²) in [5, 5.41) is 2.39. The van der Waals surface area contributed by atoms with Crippen LogP contribution in [0, 0.1) is 0 Å². The van der Waals surface area contributed by atoms with Crippen LogP contribution in [0.2, 0.25) is 0 Å². The highest BCUT2D eigenvalue weighted by molar-refractivity contribution is 6.03. The predicted molar refractivity (Wildman–Crippen MR) is 276 cm³/mol. The lowest BCUT2D eigenvalue weighted by Gasteiger charge is -2.30. The van der Waals surface area contributed by atoms with E-state index in [0.29, 0.717) is 0 Å². The van der Waals surface area contributed by atoms with Gasteiger partial charge in [0, 0.05) is 30.1 Å². The minimum Gasteiger partial charge on any atom is -0.368 e. The Morgan fingerprint density at radius 1 is 0.656 bits per heavy atom. The molecule has 7 aromatic rings. The highest BCUT2D eigenvalue weighted by Gasteiger charge is 2.31. The Bertz CT molecular complexity index is 3080. The van der Waals surface area contributed by atoms with Crippen LogP contribution in [-0.2, 0) is 6.42 Å². The summed E-state index contributed by atoms with van der Waals surface area (Å²) >= 11 is 0. The highest BCUT2D eigenvalue weighted by Crippen LogP contribution is 2.50. The minimum absolute atomic E-state index is 0.110. The summed E-state index contributed by atoms with van der Waals surface area (Å²) in [6.45, 7) is 12.8. The van der Waals surface area contributed by atoms with Crippen LogP contribution in [0.3, 0.4) is 0 Å². The van der Waals surface area contributed by atoms with E-state index >= 15 is 0 Å². The van der Waals surface area contributed by atoms with Crippen LogP contribution in [0.15, 0.2) is 212 Å². The first kappa shape index (κ1) is 40.6. The molecule has 0 bridgehead atoms. The van der Waals surface area contributed by atoms with Crippen LogP contribution in [0.25, 0.3) is 45.7 Å². The lowest BCUT2D eigenvalue weighted by atomic mass is 9.82. The maximum atomic E-state index is 4.21. The summed E-state index contributed by atoms with van der Waals surface area (Å²) in [7, 11) is 0. The maximum absolute atomic E-state index is 4.21. The van der Waals surface area contributed by atoms with Crippen molar-refractivity contribution in [3.05, 3.63) is 256 Å². The number of fused-ring (bicyclic) bond motifs is 6. The summed E-state index contributed by atoms with van der Waals surface area (Å²) in [6.07, 6.45) is 22.3. The number of rotatable bonds is 10. The maximum Gasteiger partial charge on any atom is 0.0540 e. The molecule has 0 radical (unpaired) electrons. The molecule has 0 spiro atoms. The molecule has 0 aromatic heterocycles. The monoisotopic (exact) mass is 826 g/mol. The Morgan fingerprint density at radius 2 is 1.36 bits per heavy atom. The molecule has 7 aromatic carbocycles. The number of allylic oxidation sites excluding steroid dienone is 8. The predicted octanol–water partition coefficient (Wildman–Crippen LogP) is 16.2. The van der Waals surface area contributed by atoms with Gasteiger partial charge in [0.15, 0.2) is 0 Å². The number of hydrogen-bond acceptors (Lipinski definition) is 2. The van der Waals surface area contributed by atoms with E-state index in [0.717, 1.165) is 42.2 Å². The number of anilines is 3. The summed E-state index contributed by atoms with van der Waals surface area (Å²) in [5.41, 5.74) is 21.4. The molecule has 2 heteroatoms. The van der Waals surface area contributed by atoms with Gasteiger partial charge >= 0.3 is 0 Å². The number of hydrogen-bond donors (Lipinski definition) is 0. The van der Waals surface area contributed by atoms with Gasteiger partial charge in [0.25, 0.3) is 0 Å². The summed E-state index contributed by atoms with van der Waals surface area (Å²) < 4.78 is 0. The Morgan fingerprint density at radius 3 is 2.14 bits per heavy atom. The topological polar surface area (TPSA) is 6.48 Å². The largest absolute Gasteiger partial charge is 0.368 e. The van der Waals surface area contributed by atoms with Crippen molar-refractivity contribution in [3.8, 4) is 11.1 Å². The molecule has 0 N–H and O–H groups in total. The number of nitrogens with zero attached hydrogens (tertiary/aromatic N) is 2. The standard InChI is InChI=1S/C62H54N2/c1-5-19-59-45(6-2)37-38-48-21-8-14-32-60(48)64(59)61-33-16-28-50-46(22-15-29-54(50)61)36-34-44-35-39-53(49(43(3)4)30-18-41-63-40-17-23-47-20-7-13-31-58(47)63)57(42-44)62-55-26-11-9-24-51(55)52-25-10-12-27-56(52)62/h5-16,18-22,24-39,42,62H,2,17,23,40-41H2,1,3-4H3/b19-5-,30-18-,36-34+. The zero-order valence-electron chi connectivity index (χ0n) is 37.1. The van der Waals surface area contributed by atoms with Gasteiger partial charge < -0.3 is 9.80 Å². The molecule has 1 aliphatic carbocycles. The molecule has 2 nitrogen and oxygen atoms in total. The second-order valence-corrected chi connectivity index (χ2v) is 17.3. The average molecular weight is 827 g/mol. The van der Waals surface area contributed by atoms with E-state index in [1.165, 1.54) is 89.7 Å². The van der Waals surface area contributed by atoms with Gasteiger partial charge in [-0.2, -0.15) is 0 Å². The van der Waals surface area contributed by atoms with Gasteiger partial charge in [-0.05, 0) is 130 Å². The van der Waals surface area contributed by atoms with Crippen molar-refractivity contribution in [2.75, 3.05) is 22.9 Å². The van der Waals surface area contributed by atoms with E-state index in [1.807, 2.05) is 6.08 Å². The average Bonchev–Trinajstić information content (AvgIpc) is 3.58. The fourth-order valence-corrected chi connectivity index (χ4v) is 10.2. The van der Waals surface area contributed by atoms with Crippen molar-refractivity contribution in [3.63, 3.8) is 0 Å². The van der Waals surface area contributed by atoms with Crippen molar-refractivity contribution in [2.24, 2.45) is 0 Å². The molecular formula is C62H54N2. The zero-order chi connectivity index (χ0) is 43.6. The normalized spacial score (nSPS) is 14.6. The molecule has 2 aliphatic heterocycles. The quantitative estimate of drug-likeness (QED) is 0.100. The van der Waals surface area contributed by atoms with Gasteiger partial charge in [-0.3, -0.25) is 0 Å².